The lowest BCUT2D eigenvalue weighted by atomic mass is 10.00. The van der Waals surface area contributed by atoms with Crippen LogP contribution in [0.25, 0.3) is 0 Å². The van der Waals surface area contributed by atoms with Crippen molar-refractivity contribution in [2.45, 2.75) is 32.2 Å². The van der Waals surface area contributed by atoms with Crippen molar-refractivity contribution in [3.63, 3.8) is 0 Å². The number of para-hydroxylation sites is 1. The molecule has 1 saturated heterocycles. The smallest absolute Gasteiger partial charge is 0.326 e. The molecule has 0 amide bonds. The van der Waals surface area contributed by atoms with Crippen molar-refractivity contribution >= 4 is 17.3 Å². The van der Waals surface area contributed by atoms with Crippen molar-refractivity contribution in [2.75, 3.05) is 11.4 Å². The van der Waals surface area contributed by atoms with Crippen molar-refractivity contribution < 1.29 is 14.8 Å². The second-order valence-corrected chi connectivity index (χ2v) is 4.74. The number of nitro benzene ring substituents is 1. The summed E-state index contributed by atoms with van der Waals surface area (Å²) in [5.74, 6) is -0.921. The highest BCUT2D eigenvalue weighted by molar-refractivity contribution is 5.81. The van der Waals surface area contributed by atoms with Gasteiger partial charge in [0.05, 0.1) is 4.92 Å². The lowest BCUT2D eigenvalue weighted by Gasteiger charge is -2.34. The zero-order valence-corrected chi connectivity index (χ0v) is 10.7. The van der Waals surface area contributed by atoms with Crippen LogP contribution in [0.1, 0.15) is 24.8 Å². The summed E-state index contributed by atoms with van der Waals surface area (Å²) in [5, 5.41) is 20.5. The number of carboxylic acids is 1. The summed E-state index contributed by atoms with van der Waals surface area (Å²) in [7, 11) is 0. The van der Waals surface area contributed by atoms with Gasteiger partial charge in [0, 0.05) is 12.1 Å². The molecule has 1 N–H and O–H groups in total. The first-order chi connectivity index (χ1) is 9.02. The van der Waals surface area contributed by atoms with Crippen molar-refractivity contribution in [1.82, 2.24) is 0 Å². The van der Waals surface area contributed by atoms with E-state index in [0.29, 0.717) is 24.2 Å². The maximum absolute atomic E-state index is 11.3. The van der Waals surface area contributed by atoms with Crippen molar-refractivity contribution in [1.29, 1.82) is 0 Å². The van der Waals surface area contributed by atoms with E-state index in [0.717, 1.165) is 12.8 Å². The molecule has 0 aliphatic carbocycles. The van der Waals surface area contributed by atoms with Crippen LogP contribution in [0.4, 0.5) is 11.4 Å². The Kier molecular flexibility index (Phi) is 3.69. The van der Waals surface area contributed by atoms with Crippen LogP contribution in [-0.4, -0.2) is 28.6 Å². The summed E-state index contributed by atoms with van der Waals surface area (Å²) in [6, 6.07) is 4.35. The van der Waals surface area contributed by atoms with Crippen LogP contribution in [0.3, 0.4) is 0 Å². The van der Waals surface area contributed by atoms with Gasteiger partial charge in [-0.05, 0) is 32.3 Å². The predicted octanol–water partition coefficient (Wildman–Crippen LogP) is 2.35. The van der Waals surface area contributed by atoms with Crippen LogP contribution in [0.15, 0.2) is 18.2 Å². The topological polar surface area (TPSA) is 83.7 Å². The fourth-order valence-electron chi connectivity index (χ4n) is 2.59. The first kappa shape index (κ1) is 13.3. The molecule has 1 unspecified atom stereocenters. The molecule has 1 aromatic carbocycles. The Morgan fingerprint density at radius 2 is 2.21 bits per heavy atom. The summed E-state index contributed by atoms with van der Waals surface area (Å²) < 4.78 is 0. The number of carboxylic acid groups (broad SMARTS) is 1. The molecule has 1 aliphatic rings. The van der Waals surface area contributed by atoms with Crippen LogP contribution in [-0.2, 0) is 4.79 Å². The van der Waals surface area contributed by atoms with E-state index in [1.807, 2.05) is 0 Å². The minimum absolute atomic E-state index is 0.00986. The number of aryl methyl sites for hydroxylation is 1. The number of nitro groups is 1. The summed E-state index contributed by atoms with van der Waals surface area (Å²) in [5.41, 5.74) is 0.977. The maximum Gasteiger partial charge on any atom is 0.326 e. The van der Waals surface area contributed by atoms with Gasteiger partial charge in [-0.1, -0.05) is 12.1 Å². The van der Waals surface area contributed by atoms with Crippen molar-refractivity contribution in [2.24, 2.45) is 0 Å². The average molecular weight is 264 g/mol. The Balaban J connectivity index is 2.47. The molecule has 6 heteroatoms. The van der Waals surface area contributed by atoms with Crippen LogP contribution in [0, 0.1) is 17.0 Å². The van der Waals surface area contributed by atoms with Gasteiger partial charge in [-0.3, -0.25) is 10.1 Å². The molecular weight excluding hydrogens is 248 g/mol. The van der Waals surface area contributed by atoms with Gasteiger partial charge in [-0.2, -0.15) is 0 Å². The normalized spacial score (nSPS) is 19.2. The van der Waals surface area contributed by atoms with E-state index in [2.05, 4.69) is 0 Å². The largest absolute Gasteiger partial charge is 0.480 e. The fourth-order valence-corrected chi connectivity index (χ4v) is 2.59. The highest BCUT2D eigenvalue weighted by Crippen LogP contribution is 2.35. The van der Waals surface area contributed by atoms with Gasteiger partial charge < -0.3 is 10.0 Å². The van der Waals surface area contributed by atoms with Gasteiger partial charge in [0.25, 0.3) is 5.69 Å². The van der Waals surface area contributed by atoms with E-state index in [9.17, 15) is 20.0 Å². The highest BCUT2D eigenvalue weighted by Gasteiger charge is 2.32. The molecule has 0 radical (unpaired) electrons. The standard InChI is InChI=1S/C13H16N2O4/c1-9-5-4-7-10(12(9)15(18)19)14-8-3-2-6-11(14)13(16)17/h4-5,7,11H,2-3,6,8H2,1H3,(H,16,17). The second kappa shape index (κ2) is 5.26. The lowest BCUT2D eigenvalue weighted by Crippen LogP contribution is -2.45. The summed E-state index contributed by atoms with van der Waals surface area (Å²) in [4.78, 5) is 23.7. The molecule has 0 spiro atoms. The van der Waals surface area contributed by atoms with Gasteiger partial charge in [-0.25, -0.2) is 4.79 Å². The Bertz CT molecular complexity index is 515. The Labute approximate surface area is 110 Å². The number of anilines is 1. The molecule has 1 aromatic rings. The molecule has 0 aromatic heterocycles. The van der Waals surface area contributed by atoms with E-state index in [1.165, 1.54) is 0 Å². The fraction of sp³-hybridized carbons (Fsp3) is 0.462. The third kappa shape index (κ3) is 2.52. The van der Waals surface area contributed by atoms with E-state index in [-0.39, 0.29) is 5.69 Å². The molecule has 0 bridgehead atoms. The molecule has 2 rings (SSSR count). The molecule has 102 valence electrons. The number of carbonyl (C=O) groups is 1. The van der Waals surface area contributed by atoms with Gasteiger partial charge in [0.2, 0.25) is 0 Å². The summed E-state index contributed by atoms with van der Waals surface area (Å²) >= 11 is 0. The van der Waals surface area contributed by atoms with Crippen LogP contribution >= 0.6 is 0 Å². The first-order valence-electron chi connectivity index (χ1n) is 6.26. The Morgan fingerprint density at radius 3 is 2.84 bits per heavy atom. The third-order valence-electron chi connectivity index (χ3n) is 3.50. The lowest BCUT2D eigenvalue weighted by molar-refractivity contribution is -0.384. The van der Waals surface area contributed by atoms with Gasteiger partial charge >= 0.3 is 5.97 Å². The van der Waals surface area contributed by atoms with Gasteiger partial charge in [-0.15, -0.1) is 0 Å². The quantitative estimate of drug-likeness (QED) is 0.669. The minimum Gasteiger partial charge on any atom is -0.480 e. The molecular formula is C13H16N2O4. The maximum atomic E-state index is 11.3. The SMILES string of the molecule is Cc1cccc(N2CCCCC2C(=O)O)c1[N+](=O)[O-]. The summed E-state index contributed by atoms with van der Waals surface area (Å²) in [6.07, 6.45) is 2.22. The van der Waals surface area contributed by atoms with E-state index >= 15 is 0 Å². The number of nitrogens with zero attached hydrogens (tertiary/aromatic N) is 2. The number of piperidine rings is 1. The average Bonchev–Trinajstić information content (AvgIpc) is 2.37. The van der Waals surface area contributed by atoms with E-state index in [1.54, 1.807) is 30.0 Å². The number of rotatable bonds is 3. The molecule has 1 fully saturated rings. The van der Waals surface area contributed by atoms with Crippen molar-refractivity contribution in [3.05, 3.63) is 33.9 Å². The van der Waals surface area contributed by atoms with Crippen LogP contribution < -0.4 is 4.90 Å². The minimum atomic E-state index is -0.921. The third-order valence-corrected chi connectivity index (χ3v) is 3.50. The number of hydrogen-bond donors (Lipinski definition) is 1. The molecule has 1 aliphatic heterocycles. The number of hydrogen-bond acceptors (Lipinski definition) is 4. The molecule has 1 heterocycles. The van der Waals surface area contributed by atoms with Gasteiger partial charge in [0.15, 0.2) is 0 Å². The highest BCUT2D eigenvalue weighted by atomic mass is 16.6. The summed E-state index contributed by atoms with van der Waals surface area (Å²) in [6.45, 7) is 2.21. The van der Waals surface area contributed by atoms with Crippen molar-refractivity contribution in [3.8, 4) is 0 Å². The zero-order chi connectivity index (χ0) is 14.0. The molecule has 1 atom stereocenters. The van der Waals surface area contributed by atoms with Crippen LogP contribution in [0.5, 0.6) is 0 Å². The monoisotopic (exact) mass is 264 g/mol. The zero-order valence-electron chi connectivity index (χ0n) is 10.7. The first-order valence-corrected chi connectivity index (χ1v) is 6.26. The number of benzene rings is 1. The Hall–Kier alpha value is -2.11. The second-order valence-electron chi connectivity index (χ2n) is 4.74. The Morgan fingerprint density at radius 1 is 1.47 bits per heavy atom. The predicted molar refractivity (Wildman–Crippen MR) is 70.5 cm³/mol. The van der Waals surface area contributed by atoms with Gasteiger partial charge in [0.1, 0.15) is 11.7 Å². The van der Waals surface area contributed by atoms with E-state index in [4.69, 9.17) is 0 Å². The molecule has 0 saturated carbocycles. The number of aliphatic carboxylic acids is 1. The van der Waals surface area contributed by atoms with Crippen LogP contribution in [0.2, 0.25) is 0 Å². The molecule has 6 nitrogen and oxygen atoms in total. The molecule has 19 heavy (non-hydrogen) atoms. The van der Waals surface area contributed by atoms with E-state index < -0.39 is 16.9 Å².